The Kier molecular flexibility index (Phi) is 4.71. The van der Waals surface area contributed by atoms with E-state index in [4.69, 9.17) is 11.6 Å². The van der Waals surface area contributed by atoms with Gasteiger partial charge in [0.15, 0.2) is 9.84 Å². The fourth-order valence-corrected chi connectivity index (χ4v) is 4.15. The van der Waals surface area contributed by atoms with Gasteiger partial charge in [-0.25, -0.2) is 8.42 Å². The second kappa shape index (κ2) is 6.18. The third-order valence-electron chi connectivity index (χ3n) is 3.20. The fraction of sp³-hybridized carbons (Fsp3) is 0.250. The number of benzene rings is 2. The molecular formula is C16H17ClO3S. The van der Waals surface area contributed by atoms with Gasteiger partial charge in [-0.15, -0.1) is 0 Å². The van der Waals surface area contributed by atoms with E-state index >= 15 is 0 Å². The second-order valence-electron chi connectivity index (χ2n) is 5.30. The summed E-state index contributed by atoms with van der Waals surface area (Å²) in [4.78, 5) is 0. The van der Waals surface area contributed by atoms with Crippen LogP contribution in [-0.2, 0) is 21.2 Å². The van der Waals surface area contributed by atoms with Gasteiger partial charge >= 0.3 is 0 Å². The van der Waals surface area contributed by atoms with E-state index in [1.165, 1.54) is 6.92 Å². The quantitative estimate of drug-likeness (QED) is 0.919. The summed E-state index contributed by atoms with van der Waals surface area (Å²) in [5, 5.41) is 11.0. The van der Waals surface area contributed by atoms with Crippen molar-refractivity contribution in [2.45, 2.75) is 18.3 Å². The second-order valence-corrected chi connectivity index (χ2v) is 7.80. The Bertz CT molecular complexity index is 692. The molecule has 0 spiro atoms. The smallest absolute Gasteiger partial charge is 0.157 e. The van der Waals surface area contributed by atoms with Gasteiger partial charge in [-0.3, -0.25) is 0 Å². The highest BCUT2D eigenvalue weighted by Crippen LogP contribution is 2.24. The van der Waals surface area contributed by atoms with E-state index in [1.54, 1.807) is 48.5 Å². The van der Waals surface area contributed by atoms with Gasteiger partial charge in [-0.05, 0) is 30.2 Å². The third kappa shape index (κ3) is 4.56. The van der Waals surface area contributed by atoms with E-state index in [-0.39, 0.29) is 11.5 Å². The SMILES string of the molecule is C[C@](O)(CS(=O)(=O)Cc1ccc(Cl)cc1)c1ccccc1. The normalized spacial score (nSPS) is 14.6. The van der Waals surface area contributed by atoms with Crippen LogP contribution in [0.5, 0.6) is 0 Å². The lowest BCUT2D eigenvalue weighted by Crippen LogP contribution is -2.31. The van der Waals surface area contributed by atoms with Crippen LogP contribution in [0, 0.1) is 0 Å². The Balaban J connectivity index is 2.15. The first-order chi connectivity index (χ1) is 9.78. The predicted molar refractivity (Wildman–Crippen MR) is 85.0 cm³/mol. The first-order valence-corrected chi connectivity index (χ1v) is 8.71. The van der Waals surface area contributed by atoms with Crippen LogP contribution in [0.25, 0.3) is 0 Å². The maximum absolute atomic E-state index is 12.3. The highest BCUT2D eigenvalue weighted by molar-refractivity contribution is 7.90. The van der Waals surface area contributed by atoms with Gasteiger partial charge in [0.1, 0.15) is 5.60 Å². The minimum absolute atomic E-state index is 0.118. The molecule has 5 heteroatoms. The molecule has 112 valence electrons. The summed E-state index contributed by atoms with van der Waals surface area (Å²) in [6, 6.07) is 15.5. The summed E-state index contributed by atoms with van der Waals surface area (Å²) in [5.41, 5.74) is -0.167. The van der Waals surface area contributed by atoms with Crippen LogP contribution < -0.4 is 0 Å². The van der Waals surface area contributed by atoms with E-state index < -0.39 is 15.4 Å². The van der Waals surface area contributed by atoms with Gasteiger partial charge in [0.05, 0.1) is 11.5 Å². The molecule has 0 aromatic heterocycles. The minimum atomic E-state index is -3.45. The van der Waals surface area contributed by atoms with Crippen LogP contribution in [-0.4, -0.2) is 19.3 Å². The molecule has 2 aromatic carbocycles. The lowest BCUT2D eigenvalue weighted by Gasteiger charge is -2.23. The number of sulfone groups is 1. The standard InChI is InChI=1S/C16H17ClO3S/c1-16(18,14-5-3-2-4-6-14)12-21(19,20)11-13-7-9-15(17)10-8-13/h2-10,18H,11-12H2,1H3/t16-/m0/s1. The Labute approximate surface area is 130 Å². The third-order valence-corrected chi connectivity index (χ3v) is 5.22. The molecule has 2 rings (SSSR count). The molecule has 0 saturated carbocycles. The van der Waals surface area contributed by atoms with Gasteiger partial charge in [0.25, 0.3) is 0 Å². The van der Waals surface area contributed by atoms with E-state index in [1.807, 2.05) is 6.07 Å². The molecule has 3 nitrogen and oxygen atoms in total. The van der Waals surface area contributed by atoms with Crippen molar-refractivity contribution in [2.75, 3.05) is 5.75 Å². The maximum Gasteiger partial charge on any atom is 0.157 e. The lowest BCUT2D eigenvalue weighted by atomic mass is 9.99. The lowest BCUT2D eigenvalue weighted by molar-refractivity contribution is 0.0819. The van der Waals surface area contributed by atoms with Gasteiger partial charge in [0.2, 0.25) is 0 Å². The first kappa shape index (κ1) is 16.0. The summed E-state index contributed by atoms with van der Waals surface area (Å²) in [5.74, 6) is -0.445. The predicted octanol–water partition coefficient (Wildman–Crippen LogP) is 3.16. The molecule has 21 heavy (non-hydrogen) atoms. The van der Waals surface area contributed by atoms with E-state index in [9.17, 15) is 13.5 Å². The fourth-order valence-electron chi connectivity index (χ4n) is 2.19. The summed E-state index contributed by atoms with van der Waals surface area (Å²) < 4.78 is 24.6. The van der Waals surface area contributed by atoms with Gasteiger partial charge in [0, 0.05) is 5.02 Å². The zero-order chi connectivity index (χ0) is 15.5. The molecule has 0 amide bonds. The van der Waals surface area contributed by atoms with Gasteiger partial charge in [-0.2, -0.15) is 0 Å². The Hall–Kier alpha value is -1.36. The summed E-state index contributed by atoms with van der Waals surface area (Å²) in [7, 11) is -3.45. The molecule has 0 unspecified atom stereocenters. The molecule has 0 heterocycles. The number of halogens is 1. The molecule has 0 radical (unpaired) electrons. The van der Waals surface area contributed by atoms with Crippen molar-refractivity contribution in [1.82, 2.24) is 0 Å². The topological polar surface area (TPSA) is 54.4 Å². The van der Waals surface area contributed by atoms with Crippen LogP contribution in [0.3, 0.4) is 0 Å². The number of aliphatic hydroxyl groups is 1. The monoisotopic (exact) mass is 324 g/mol. The summed E-state index contributed by atoms with van der Waals surface area (Å²) in [6.07, 6.45) is 0. The average molecular weight is 325 g/mol. The first-order valence-electron chi connectivity index (χ1n) is 6.51. The van der Waals surface area contributed by atoms with Crippen LogP contribution >= 0.6 is 11.6 Å². The molecule has 1 N–H and O–H groups in total. The van der Waals surface area contributed by atoms with E-state index in [2.05, 4.69) is 0 Å². The molecule has 0 aliphatic rings. The molecule has 1 atom stereocenters. The number of hydrogen-bond acceptors (Lipinski definition) is 3. The average Bonchev–Trinajstić information content (AvgIpc) is 2.41. The Morgan fingerprint density at radius 1 is 1.05 bits per heavy atom. The van der Waals surface area contributed by atoms with Crippen LogP contribution in [0.1, 0.15) is 18.1 Å². The van der Waals surface area contributed by atoms with E-state index in [0.29, 0.717) is 16.1 Å². The maximum atomic E-state index is 12.3. The van der Waals surface area contributed by atoms with Crippen molar-refractivity contribution in [3.63, 3.8) is 0 Å². The molecule has 0 aliphatic carbocycles. The summed E-state index contributed by atoms with van der Waals surface area (Å²) in [6.45, 7) is 1.52. The highest BCUT2D eigenvalue weighted by atomic mass is 35.5. The highest BCUT2D eigenvalue weighted by Gasteiger charge is 2.30. The molecular weight excluding hydrogens is 308 g/mol. The Morgan fingerprint density at radius 2 is 1.62 bits per heavy atom. The molecule has 0 fully saturated rings. The minimum Gasteiger partial charge on any atom is -0.384 e. The number of hydrogen-bond donors (Lipinski definition) is 1. The Morgan fingerprint density at radius 3 is 2.19 bits per heavy atom. The molecule has 0 saturated heterocycles. The molecule has 2 aromatic rings. The van der Waals surface area contributed by atoms with Crippen LogP contribution in [0.4, 0.5) is 0 Å². The van der Waals surface area contributed by atoms with Crippen molar-refractivity contribution in [2.24, 2.45) is 0 Å². The van der Waals surface area contributed by atoms with Crippen molar-refractivity contribution >= 4 is 21.4 Å². The van der Waals surface area contributed by atoms with Crippen molar-refractivity contribution in [3.8, 4) is 0 Å². The van der Waals surface area contributed by atoms with Gasteiger partial charge < -0.3 is 5.11 Å². The van der Waals surface area contributed by atoms with Crippen molar-refractivity contribution in [3.05, 3.63) is 70.7 Å². The van der Waals surface area contributed by atoms with Crippen LogP contribution in [0.2, 0.25) is 5.02 Å². The molecule has 0 bridgehead atoms. The van der Waals surface area contributed by atoms with Gasteiger partial charge in [-0.1, -0.05) is 54.1 Å². The largest absolute Gasteiger partial charge is 0.384 e. The van der Waals surface area contributed by atoms with Crippen molar-refractivity contribution in [1.29, 1.82) is 0 Å². The summed E-state index contributed by atoms with van der Waals surface area (Å²) >= 11 is 5.78. The zero-order valence-electron chi connectivity index (χ0n) is 11.7. The molecule has 0 aliphatic heterocycles. The zero-order valence-corrected chi connectivity index (χ0v) is 13.2. The van der Waals surface area contributed by atoms with E-state index in [0.717, 1.165) is 0 Å². The van der Waals surface area contributed by atoms with Crippen LogP contribution in [0.15, 0.2) is 54.6 Å². The van der Waals surface area contributed by atoms with Crippen molar-refractivity contribution < 1.29 is 13.5 Å². The number of rotatable bonds is 5.